The number of hydrogen-bond acceptors (Lipinski definition) is 5. The largest absolute Gasteiger partial charge is 0.367 e. The highest BCUT2D eigenvalue weighted by Gasteiger charge is 2.37. The predicted octanol–water partition coefficient (Wildman–Crippen LogP) is 3.50. The van der Waals surface area contributed by atoms with Crippen LogP contribution in [0.2, 0.25) is 0 Å². The number of anilines is 1. The number of alkyl halides is 1. The number of amides is 1. The third-order valence-corrected chi connectivity index (χ3v) is 6.25. The van der Waals surface area contributed by atoms with E-state index in [4.69, 9.17) is 0 Å². The summed E-state index contributed by atoms with van der Waals surface area (Å²) < 4.78 is 14.9. The molecule has 1 saturated heterocycles. The van der Waals surface area contributed by atoms with Gasteiger partial charge in [-0.1, -0.05) is 26.2 Å². The lowest BCUT2D eigenvalue weighted by molar-refractivity contribution is -0.125. The van der Waals surface area contributed by atoms with E-state index in [0.717, 1.165) is 31.5 Å². The van der Waals surface area contributed by atoms with E-state index in [1.54, 1.807) is 18.5 Å². The van der Waals surface area contributed by atoms with Crippen LogP contribution in [-0.2, 0) is 4.79 Å². The van der Waals surface area contributed by atoms with Gasteiger partial charge in [-0.15, -0.1) is 0 Å². The lowest BCUT2D eigenvalue weighted by atomic mass is 9.84. The summed E-state index contributed by atoms with van der Waals surface area (Å²) in [5.74, 6) is 0.0285. The highest BCUT2D eigenvalue weighted by atomic mass is 19.1. The molecule has 152 valence electrons. The van der Waals surface area contributed by atoms with Crippen LogP contribution in [0.3, 0.4) is 0 Å². The topological polar surface area (TPSA) is 81.9 Å². The van der Waals surface area contributed by atoms with E-state index in [9.17, 15) is 14.4 Å². The Morgan fingerprint density at radius 3 is 2.69 bits per heavy atom. The Kier molecular flexibility index (Phi) is 5.35. The number of nitrogens with zero attached hydrogens (tertiary/aromatic N) is 4. The molecule has 6 nitrogen and oxygen atoms in total. The van der Waals surface area contributed by atoms with Crippen LogP contribution in [0.15, 0.2) is 24.5 Å². The normalized spacial score (nSPS) is 23.7. The summed E-state index contributed by atoms with van der Waals surface area (Å²) >= 11 is 0. The molecule has 2 fully saturated rings. The van der Waals surface area contributed by atoms with Crippen LogP contribution < -0.4 is 10.2 Å². The fraction of sp³-hybridized carbons (Fsp3) is 0.545. The van der Waals surface area contributed by atoms with E-state index < -0.39 is 5.67 Å². The second-order valence-corrected chi connectivity index (χ2v) is 8.44. The number of nitrogens with one attached hydrogen (secondary N) is 1. The molecule has 2 atom stereocenters. The summed E-state index contributed by atoms with van der Waals surface area (Å²) in [4.78, 5) is 23.5. The zero-order valence-electron chi connectivity index (χ0n) is 16.7. The van der Waals surface area contributed by atoms with Crippen LogP contribution in [0, 0.1) is 17.2 Å². The van der Waals surface area contributed by atoms with Gasteiger partial charge in [0.15, 0.2) is 0 Å². The predicted molar refractivity (Wildman–Crippen MR) is 109 cm³/mol. The van der Waals surface area contributed by atoms with E-state index in [1.165, 1.54) is 0 Å². The van der Waals surface area contributed by atoms with Crippen molar-refractivity contribution in [3.05, 3.63) is 30.1 Å². The second-order valence-electron chi connectivity index (χ2n) is 8.44. The summed E-state index contributed by atoms with van der Waals surface area (Å²) in [6.07, 6.45) is 6.93. The maximum Gasteiger partial charge on any atom is 0.223 e. The van der Waals surface area contributed by atoms with Crippen molar-refractivity contribution in [2.45, 2.75) is 57.2 Å². The van der Waals surface area contributed by atoms with Gasteiger partial charge >= 0.3 is 0 Å². The molecule has 1 amide bonds. The Morgan fingerprint density at radius 2 is 1.97 bits per heavy atom. The maximum absolute atomic E-state index is 14.9. The minimum atomic E-state index is -1.34. The number of rotatable bonds is 4. The first-order valence-corrected chi connectivity index (χ1v) is 10.4. The van der Waals surface area contributed by atoms with Gasteiger partial charge in [0.05, 0.1) is 23.7 Å². The number of fused-ring (bicyclic) bond motifs is 1. The van der Waals surface area contributed by atoms with Gasteiger partial charge in [-0.3, -0.25) is 14.8 Å². The van der Waals surface area contributed by atoms with Crippen LogP contribution in [-0.4, -0.2) is 40.7 Å². The van der Waals surface area contributed by atoms with Crippen molar-refractivity contribution < 1.29 is 9.18 Å². The molecular weight excluding hydrogens is 369 g/mol. The van der Waals surface area contributed by atoms with Crippen molar-refractivity contribution in [3.8, 4) is 6.07 Å². The standard InChI is InChI=1S/C22H26FN5O/c1-15-13-28(18-6-5-16(12-24)20-21(18)26-10-9-25-20)14-17(15)27-19(29)11-22(23)7-3-2-4-8-22/h5-6,9-10,15,17H,2-4,7-8,11,13-14H2,1H3,(H,27,29)/t15-,17+/m1/s1. The molecule has 1 aromatic heterocycles. The van der Waals surface area contributed by atoms with Crippen LogP contribution in [0.1, 0.15) is 51.0 Å². The molecule has 0 bridgehead atoms. The molecule has 0 radical (unpaired) electrons. The fourth-order valence-corrected chi connectivity index (χ4v) is 4.65. The van der Waals surface area contributed by atoms with Gasteiger partial charge in [-0.05, 0) is 30.9 Å². The highest BCUT2D eigenvalue weighted by molar-refractivity contribution is 5.92. The Balaban J connectivity index is 1.47. The number of hydrogen-bond donors (Lipinski definition) is 1. The molecule has 4 rings (SSSR count). The van der Waals surface area contributed by atoms with Gasteiger partial charge in [-0.2, -0.15) is 5.26 Å². The zero-order valence-corrected chi connectivity index (χ0v) is 16.7. The molecule has 0 unspecified atom stereocenters. The Hall–Kier alpha value is -2.75. The van der Waals surface area contributed by atoms with Crippen LogP contribution in [0.4, 0.5) is 10.1 Å². The zero-order chi connectivity index (χ0) is 20.4. The SMILES string of the molecule is C[C@@H]1CN(c2ccc(C#N)c3nccnc23)C[C@@H]1NC(=O)CC1(F)CCCCC1. The summed E-state index contributed by atoms with van der Waals surface area (Å²) in [5.41, 5.74) is 1.34. The molecule has 1 N–H and O–H groups in total. The van der Waals surface area contributed by atoms with Gasteiger partial charge in [-0.25, -0.2) is 4.39 Å². The first-order chi connectivity index (χ1) is 14.0. The molecule has 1 saturated carbocycles. The minimum absolute atomic E-state index is 0.0402. The first kappa shape index (κ1) is 19.6. The quantitative estimate of drug-likeness (QED) is 0.857. The fourth-order valence-electron chi connectivity index (χ4n) is 4.65. The first-order valence-electron chi connectivity index (χ1n) is 10.4. The van der Waals surface area contributed by atoms with Crippen LogP contribution in [0.25, 0.3) is 11.0 Å². The maximum atomic E-state index is 14.9. The van der Waals surface area contributed by atoms with E-state index in [0.29, 0.717) is 36.0 Å². The van der Waals surface area contributed by atoms with E-state index in [1.807, 2.05) is 6.07 Å². The van der Waals surface area contributed by atoms with Crippen molar-refractivity contribution in [3.63, 3.8) is 0 Å². The lowest BCUT2D eigenvalue weighted by Gasteiger charge is -2.29. The molecule has 0 spiro atoms. The Labute approximate surface area is 170 Å². The van der Waals surface area contributed by atoms with Gasteiger partial charge in [0, 0.05) is 25.5 Å². The molecule has 2 heterocycles. The Morgan fingerprint density at radius 1 is 1.24 bits per heavy atom. The van der Waals surface area contributed by atoms with E-state index >= 15 is 0 Å². The number of carbonyl (C=O) groups excluding carboxylic acids is 1. The molecular formula is C22H26FN5O. The molecule has 2 aliphatic rings. The molecule has 1 aromatic carbocycles. The summed E-state index contributed by atoms with van der Waals surface area (Å²) in [5, 5.41) is 12.4. The minimum Gasteiger partial charge on any atom is -0.367 e. The number of benzene rings is 1. The third-order valence-electron chi connectivity index (χ3n) is 6.25. The molecule has 2 aromatic rings. The van der Waals surface area contributed by atoms with Crippen molar-refractivity contribution >= 4 is 22.6 Å². The van der Waals surface area contributed by atoms with Crippen molar-refractivity contribution in [2.75, 3.05) is 18.0 Å². The van der Waals surface area contributed by atoms with Crippen LogP contribution >= 0.6 is 0 Å². The smallest absolute Gasteiger partial charge is 0.223 e. The summed E-state index contributed by atoms with van der Waals surface area (Å²) in [6.45, 7) is 3.47. The van der Waals surface area contributed by atoms with Crippen molar-refractivity contribution in [1.82, 2.24) is 15.3 Å². The highest BCUT2D eigenvalue weighted by Crippen LogP contribution is 2.35. The number of carbonyl (C=O) groups is 1. The number of aromatic nitrogens is 2. The van der Waals surface area contributed by atoms with Crippen molar-refractivity contribution in [1.29, 1.82) is 5.26 Å². The monoisotopic (exact) mass is 395 g/mol. The molecule has 29 heavy (non-hydrogen) atoms. The van der Waals surface area contributed by atoms with E-state index in [-0.39, 0.29) is 24.3 Å². The average molecular weight is 395 g/mol. The van der Waals surface area contributed by atoms with Gasteiger partial charge in [0.25, 0.3) is 0 Å². The number of halogens is 1. The number of nitriles is 1. The molecule has 1 aliphatic heterocycles. The van der Waals surface area contributed by atoms with Crippen LogP contribution in [0.5, 0.6) is 0 Å². The summed E-state index contributed by atoms with van der Waals surface area (Å²) in [6, 6.07) is 5.77. The Bertz CT molecular complexity index is 950. The van der Waals surface area contributed by atoms with Gasteiger partial charge in [0.1, 0.15) is 22.8 Å². The van der Waals surface area contributed by atoms with Crippen molar-refractivity contribution in [2.24, 2.45) is 5.92 Å². The van der Waals surface area contributed by atoms with Gasteiger partial charge in [0.2, 0.25) is 5.91 Å². The third kappa shape index (κ3) is 4.02. The summed E-state index contributed by atoms with van der Waals surface area (Å²) in [7, 11) is 0. The molecule has 1 aliphatic carbocycles. The lowest BCUT2D eigenvalue weighted by Crippen LogP contribution is -2.43. The van der Waals surface area contributed by atoms with Gasteiger partial charge < -0.3 is 10.2 Å². The van der Waals surface area contributed by atoms with E-state index in [2.05, 4.69) is 33.2 Å². The molecule has 7 heteroatoms. The average Bonchev–Trinajstić information content (AvgIpc) is 3.07. The second kappa shape index (κ2) is 7.94.